The van der Waals surface area contributed by atoms with E-state index in [1.54, 1.807) is 0 Å². The van der Waals surface area contributed by atoms with Crippen molar-refractivity contribution in [1.82, 2.24) is 5.32 Å². The van der Waals surface area contributed by atoms with Gasteiger partial charge in [0.05, 0.1) is 0 Å². The van der Waals surface area contributed by atoms with Crippen molar-refractivity contribution < 1.29 is 0 Å². The molecule has 1 fully saturated rings. The predicted molar refractivity (Wildman–Crippen MR) is 66.8 cm³/mol. The maximum Gasteiger partial charge on any atom is 0.0164 e. The molecule has 0 aromatic carbocycles. The molecule has 0 spiro atoms. The maximum atomic E-state index is 5.68. The Balaban J connectivity index is 2.54. The van der Waals surface area contributed by atoms with E-state index in [-0.39, 0.29) is 0 Å². The molecular formula is C13H28N2. The lowest BCUT2D eigenvalue weighted by molar-refractivity contribution is 0.162. The second-order valence-electron chi connectivity index (χ2n) is 5.74. The van der Waals surface area contributed by atoms with Crippen molar-refractivity contribution in [3.05, 3.63) is 0 Å². The zero-order valence-electron chi connectivity index (χ0n) is 10.8. The lowest BCUT2D eigenvalue weighted by Crippen LogP contribution is -2.48. The van der Waals surface area contributed by atoms with Crippen LogP contribution in [0, 0.1) is 17.8 Å². The minimum Gasteiger partial charge on any atom is -0.329 e. The molecule has 0 radical (unpaired) electrons. The van der Waals surface area contributed by atoms with Gasteiger partial charge in [0.2, 0.25) is 0 Å². The Morgan fingerprint density at radius 3 is 2.47 bits per heavy atom. The molecule has 1 aliphatic rings. The van der Waals surface area contributed by atoms with Crippen LogP contribution in [0.1, 0.15) is 47.0 Å². The molecule has 0 amide bonds. The molecule has 0 aromatic rings. The van der Waals surface area contributed by atoms with Crippen LogP contribution in [-0.4, -0.2) is 18.6 Å². The molecule has 2 heteroatoms. The summed E-state index contributed by atoms with van der Waals surface area (Å²) in [6.45, 7) is 10.0. The zero-order chi connectivity index (χ0) is 11.4. The van der Waals surface area contributed by atoms with Gasteiger partial charge in [0.15, 0.2) is 0 Å². The molecule has 1 saturated carbocycles. The van der Waals surface area contributed by atoms with Gasteiger partial charge in [0, 0.05) is 18.6 Å². The number of hydrogen-bond acceptors (Lipinski definition) is 2. The van der Waals surface area contributed by atoms with Gasteiger partial charge in [-0.1, -0.05) is 27.2 Å². The minimum atomic E-state index is 0.460. The first-order valence-corrected chi connectivity index (χ1v) is 6.50. The number of rotatable bonds is 4. The van der Waals surface area contributed by atoms with Crippen LogP contribution in [0.25, 0.3) is 0 Å². The molecule has 2 nitrogen and oxygen atoms in total. The first-order chi connectivity index (χ1) is 7.04. The smallest absolute Gasteiger partial charge is 0.0164 e. The van der Waals surface area contributed by atoms with Gasteiger partial charge in [0.25, 0.3) is 0 Å². The summed E-state index contributed by atoms with van der Waals surface area (Å²) in [6.07, 6.45) is 4.11. The summed E-state index contributed by atoms with van der Waals surface area (Å²) in [6, 6.07) is 1.15. The average molecular weight is 212 g/mol. The molecule has 0 aromatic heterocycles. The van der Waals surface area contributed by atoms with Crippen LogP contribution in [0.5, 0.6) is 0 Å². The van der Waals surface area contributed by atoms with E-state index in [4.69, 9.17) is 5.73 Å². The van der Waals surface area contributed by atoms with Crippen molar-refractivity contribution in [3.8, 4) is 0 Å². The number of hydrogen-bond donors (Lipinski definition) is 2. The number of nitrogens with one attached hydrogen (secondary N) is 1. The fourth-order valence-electron chi connectivity index (χ4n) is 2.83. The van der Waals surface area contributed by atoms with Crippen LogP contribution < -0.4 is 11.1 Å². The lowest BCUT2D eigenvalue weighted by Gasteiger charge is -2.39. The monoisotopic (exact) mass is 212 g/mol. The summed E-state index contributed by atoms with van der Waals surface area (Å²) in [5.74, 6) is 2.51. The van der Waals surface area contributed by atoms with E-state index >= 15 is 0 Å². The lowest BCUT2D eigenvalue weighted by atomic mass is 9.74. The fourth-order valence-corrected chi connectivity index (χ4v) is 2.83. The average Bonchev–Trinajstić information content (AvgIpc) is 2.17. The van der Waals surface area contributed by atoms with E-state index in [0.717, 1.165) is 24.3 Å². The maximum absolute atomic E-state index is 5.68. The van der Waals surface area contributed by atoms with E-state index in [1.165, 1.54) is 19.3 Å². The Labute approximate surface area is 95.0 Å². The van der Waals surface area contributed by atoms with E-state index in [9.17, 15) is 0 Å². The molecular weight excluding hydrogens is 184 g/mol. The van der Waals surface area contributed by atoms with Crippen molar-refractivity contribution >= 4 is 0 Å². The predicted octanol–water partition coefficient (Wildman–Crippen LogP) is 2.38. The van der Waals surface area contributed by atoms with Gasteiger partial charge in [0.1, 0.15) is 0 Å². The highest BCUT2D eigenvalue weighted by Crippen LogP contribution is 2.33. The van der Waals surface area contributed by atoms with Crippen molar-refractivity contribution in [1.29, 1.82) is 0 Å². The van der Waals surface area contributed by atoms with Gasteiger partial charge in [-0.2, -0.15) is 0 Å². The standard InChI is InChI=1S/C13H28N2/c1-9(2)12-6-5-10(3)7-13(12)15-11(4)8-14/h9-13,15H,5-8,14H2,1-4H3. The Bertz CT molecular complexity index is 179. The van der Waals surface area contributed by atoms with Gasteiger partial charge >= 0.3 is 0 Å². The highest BCUT2D eigenvalue weighted by molar-refractivity contribution is 4.86. The second-order valence-corrected chi connectivity index (χ2v) is 5.74. The first-order valence-electron chi connectivity index (χ1n) is 6.50. The first kappa shape index (κ1) is 13.0. The summed E-state index contributed by atoms with van der Waals surface area (Å²) >= 11 is 0. The fraction of sp³-hybridized carbons (Fsp3) is 1.00. The van der Waals surface area contributed by atoms with Crippen molar-refractivity contribution in [2.45, 2.75) is 59.0 Å². The summed E-state index contributed by atoms with van der Waals surface area (Å²) in [5.41, 5.74) is 5.68. The van der Waals surface area contributed by atoms with E-state index in [0.29, 0.717) is 12.1 Å². The summed E-state index contributed by atoms with van der Waals surface area (Å²) in [5, 5.41) is 3.71. The third-order valence-corrected chi connectivity index (χ3v) is 3.87. The highest BCUT2D eigenvalue weighted by Gasteiger charge is 2.30. The van der Waals surface area contributed by atoms with Gasteiger partial charge in [-0.05, 0) is 37.5 Å². The second kappa shape index (κ2) is 5.86. The normalized spacial score (nSPS) is 34.4. The van der Waals surface area contributed by atoms with Crippen LogP contribution in [0.15, 0.2) is 0 Å². The SMILES string of the molecule is CC1CCC(C(C)C)C(NC(C)CN)C1. The van der Waals surface area contributed by atoms with Crippen LogP contribution in [-0.2, 0) is 0 Å². The Morgan fingerprint density at radius 2 is 1.93 bits per heavy atom. The molecule has 1 rings (SSSR count). The third-order valence-electron chi connectivity index (χ3n) is 3.87. The van der Waals surface area contributed by atoms with E-state index in [2.05, 4.69) is 33.0 Å². The van der Waals surface area contributed by atoms with Gasteiger partial charge < -0.3 is 11.1 Å². The molecule has 4 atom stereocenters. The van der Waals surface area contributed by atoms with Crippen molar-refractivity contribution in [2.24, 2.45) is 23.5 Å². The minimum absolute atomic E-state index is 0.460. The van der Waals surface area contributed by atoms with Crippen LogP contribution in [0.3, 0.4) is 0 Å². The largest absolute Gasteiger partial charge is 0.329 e. The highest BCUT2D eigenvalue weighted by atomic mass is 15.0. The molecule has 0 heterocycles. The third kappa shape index (κ3) is 3.76. The molecule has 4 unspecified atom stereocenters. The molecule has 90 valence electrons. The zero-order valence-corrected chi connectivity index (χ0v) is 10.8. The summed E-state index contributed by atoms with van der Waals surface area (Å²) in [4.78, 5) is 0. The Morgan fingerprint density at radius 1 is 1.27 bits per heavy atom. The topological polar surface area (TPSA) is 38.0 Å². The Kier molecular flexibility index (Phi) is 5.07. The van der Waals surface area contributed by atoms with E-state index in [1.807, 2.05) is 0 Å². The quantitative estimate of drug-likeness (QED) is 0.751. The van der Waals surface area contributed by atoms with Crippen LogP contribution in [0.2, 0.25) is 0 Å². The molecule has 0 saturated heterocycles. The summed E-state index contributed by atoms with van der Waals surface area (Å²) < 4.78 is 0. The van der Waals surface area contributed by atoms with Gasteiger partial charge in [-0.3, -0.25) is 0 Å². The van der Waals surface area contributed by atoms with Gasteiger partial charge in [-0.25, -0.2) is 0 Å². The molecule has 3 N–H and O–H groups in total. The summed E-state index contributed by atoms with van der Waals surface area (Å²) in [7, 11) is 0. The van der Waals surface area contributed by atoms with Gasteiger partial charge in [-0.15, -0.1) is 0 Å². The van der Waals surface area contributed by atoms with Crippen molar-refractivity contribution in [2.75, 3.05) is 6.54 Å². The Hall–Kier alpha value is -0.0800. The van der Waals surface area contributed by atoms with Crippen LogP contribution >= 0.6 is 0 Å². The van der Waals surface area contributed by atoms with E-state index < -0.39 is 0 Å². The van der Waals surface area contributed by atoms with Crippen LogP contribution in [0.4, 0.5) is 0 Å². The molecule has 0 aliphatic heterocycles. The molecule has 0 bridgehead atoms. The molecule has 1 aliphatic carbocycles. The molecule has 15 heavy (non-hydrogen) atoms. The number of nitrogens with two attached hydrogens (primary N) is 1. The van der Waals surface area contributed by atoms with Crippen molar-refractivity contribution in [3.63, 3.8) is 0 Å².